The van der Waals surface area contributed by atoms with Crippen molar-refractivity contribution in [3.05, 3.63) is 67.8 Å². The fourth-order valence-electron chi connectivity index (χ4n) is 2.18. The molecule has 10 heteroatoms. The van der Waals surface area contributed by atoms with Gasteiger partial charge in [0.15, 0.2) is 0 Å². The van der Waals surface area contributed by atoms with Gasteiger partial charge in [0.25, 0.3) is 0 Å². The number of hydroxylamine groups is 1. The third-order valence-electron chi connectivity index (χ3n) is 3.55. The van der Waals surface area contributed by atoms with Crippen LogP contribution in [0.25, 0.3) is 0 Å². The van der Waals surface area contributed by atoms with E-state index in [0.29, 0.717) is 15.6 Å². The molecule has 0 aromatic heterocycles. The summed E-state index contributed by atoms with van der Waals surface area (Å²) in [6, 6.07) is 10.9. The summed E-state index contributed by atoms with van der Waals surface area (Å²) in [6.07, 6.45) is -0.290. The number of rotatable bonds is 7. The van der Waals surface area contributed by atoms with Gasteiger partial charge in [0.2, 0.25) is 15.9 Å². The van der Waals surface area contributed by atoms with E-state index in [9.17, 15) is 18.4 Å². The molecule has 140 valence electrons. The zero-order valence-electron chi connectivity index (χ0n) is 13.3. The second-order valence-electron chi connectivity index (χ2n) is 5.27. The van der Waals surface area contributed by atoms with Crippen LogP contribution < -0.4 is 5.48 Å². The van der Waals surface area contributed by atoms with Crippen LogP contribution in [0.2, 0.25) is 10.0 Å². The maximum absolute atomic E-state index is 13.0. The molecule has 0 saturated carbocycles. The maximum Gasteiger partial charge on any atom is 0.243 e. The number of nitrogens with zero attached hydrogens (tertiary/aromatic N) is 1. The fourth-order valence-corrected chi connectivity index (χ4v) is 4.37. The molecule has 2 aromatic carbocycles. The second kappa shape index (κ2) is 9.16. The van der Waals surface area contributed by atoms with Crippen molar-refractivity contribution in [2.24, 2.45) is 0 Å². The van der Waals surface area contributed by atoms with Crippen LogP contribution in [-0.4, -0.2) is 25.2 Å². The molecule has 0 atom stereocenters. The molecule has 0 aliphatic carbocycles. The van der Waals surface area contributed by atoms with Crippen molar-refractivity contribution in [3.63, 3.8) is 0 Å². The number of carbonyl (C=O) groups excluding carboxylic acids is 1. The first-order valence-corrected chi connectivity index (χ1v) is 10.3. The van der Waals surface area contributed by atoms with E-state index in [1.807, 2.05) is 0 Å². The fraction of sp³-hybridized carbons (Fsp3) is 0.188. The van der Waals surface area contributed by atoms with Crippen LogP contribution in [0.5, 0.6) is 0 Å². The zero-order valence-corrected chi connectivity index (χ0v) is 17.2. The van der Waals surface area contributed by atoms with E-state index in [0.717, 1.165) is 8.78 Å². The van der Waals surface area contributed by atoms with Gasteiger partial charge in [0.1, 0.15) is 0 Å². The molecule has 26 heavy (non-hydrogen) atoms. The van der Waals surface area contributed by atoms with Crippen molar-refractivity contribution in [2.45, 2.75) is 17.9 Å². The zero-order chi connectivity index (χ0) is 19.3. The molecule has 0 aliphatic heterocycles. The van der Waals surface area contributed by atoms with Crippen molar-refractivity contribution in [2.75, 3.05) is 6.54 Å². The van der Waals surface area contributed by atoms with Crippen molar-refractivity contribution < 1.29 is 13.2 Å². The molecule has 0 bridgehead atoms. The van der Waals surface area contributed by atoms with Crippen LogP contribution in [0.4, 0.5) is 0 Å². The van der Waals surface area contributed by atoms with Gasteiger partial charge in [0.05, 0.1) is 4.90 Å². The molecule has 0 fully saturated rings. The number of benzene rings is 2. The normalized spacial score (nSPS) is 11.6. The van der Waals surface area contributed by atoms with E-state index < -0.39 is 15.9 Å². The molecule has 0 unspecified atom stereocenters. The number of hydrogen-bond acceptors (Lipinski definition) is 4. The monoisotopic (exact) mass is 479 g/mol. The molecule has 0 aliphatic rings. The molecule has 0 radical (unpaired) electrons. The van der Waals surface area contributed by atoms with Crippen LogP contribution in [0.1, 0.15) is 12.0 Å². The lowest BCUT2D eigenvalue weighted by molar-refractivity contribution is -0.120. The van der Waals surface area contributed by atoms with Gasteiger partial charge in [-0.2, -0.15) is 4.31 Å². The molecule has 2 rings (SSSR count). The summed E-state index contributed by atoms with van der Waals surface area (Å²) >= 11 is 15.5. The predicted octanol–water partition coefficient (Wildman–Crippen LogP) is 3.95. The minimum absolute atomic E-state index is 0.0476. The van der Waals surface area contributed by atoms with Crippen LogP contribution in [-0.2, 0) is 21.4 Å². The first-order chi connectivity index (χ1) is 12.3. The maximum atomic E-state index is 13.0. The molecule has 1 amide bonds. The standard InChI is InChI=1S/C16H14BrCl2N2O4S/c17-11-4-6-12(7-5-11)26(24,25)21(9-8-16(22)20-23)10-13-14(18)2-1-3-15(13)19/h1-7H,8-10H2,(H-,20,22,23)/q-1. The number of amides is 1. The third-order valence-corrected chi connectivity index (χ3v) is 6.65. The summed E-state index contributed by atoms with van der Waals surface area (Å²) in [5, 5.41) is 11.1. The molecule has 0 spiro atoms. The summed E-state index contributed by atoms with van der Waals surface area (Å²) in [5.41, 5.74) is 1.65. The van der Waals surface area contributed by atoms with E-state index in [-0.39, 0.29) is 24.4 Å². The van der Waals surface area contributed by atoms with Crippen LogP contribution in [0, 0.1) is 5.21 Å². The first kappa shape index (κ1) is 21.1. The minimum atomic E-state index is -3.94. The van der Waals surface area contributed by atoms with Gasteiger partial charge < -0.3 is 10.7 Å². The lowest BCUT2D eigenvalue weighted by Crippen LogP contribution is -2.34. The largest absolute Gasteiger partial charge is 0.759 e. The van der Waals surface area contributed by atoms with E-state index in [2.05, 4.69) is 15.9 Å². The van der Waals surface area contributed by atoms with Crippen molar-refractivity contribution in [3.8, 4) is 0 Å². The van der Waals surface area contributed by atoms with E-state index >= 15 is 0 Å². The summed E-state index contributed by atoms with van der Waals surface area (Å²) in [5.74, 6) is -0.814. The summed E-state index contributed by atoms with van der Waals surface area (Å²) in [4.78, 5) is 11.4. The Morgan fingerprint density at radius 3 is 2.23 bits per heavy atom. The average Bonchev–Trinajstić information content (AvgIpc) is 2.60. The topological polar surface area (TPSA) is 89.5 Å². The summed E-state index contributed by atoms with van der Waals surface area (Å²) < 4.78 is 27.8. The Labute approximate surface area is 169 Å². The Morgan fingerprint density at radius 2 is 1.69 bits per heavy atom. The summed E-state index contributed by atoms with van der Waals surface area (Å²) in [6.45, 7) is -0.336. The molecule has 1 N–H and O–H groups in total. The minimum Gasteiger partial charge on any atom is -0.759 e. The average molecular weight is 481 g/mol. The molecule has 6 nitrogen and oxygen atoms in total. The lowest BCUT2D eigenvalue weighted by Gasteiger charge is -2.23. The second-order valence-corrected chi connectivity index (χ2v) is 8.94. The quantitative estimate of drug-likeness (QED) is 0.607. The van der Waals surface area contributed by atoms with E-state index in [1.54, 1.807) is 30.3 Å². The highest BCUT2D eigenvalue weighted by molar-refractivity contribution is 9.10. The number of hydrogen-bond donors (Lipinski definition) is 1. The van der Waals surface area contributed by atoms with Crippen molar-refractivity contribution in [1.29, 1.82) is 0 Å². The van der Waals surface area contributed by atoms with Gasteiger partial charge in [-0.1, -0.05) is 45.2 Å². The number of nitrogens with one attached hydrogen (secondary N) is 1. The number of carbonyl (C=O) groups is 1. The SMILES string of the molecule is O=C(CCN(Cc1c(Cl)cccc1Cl)S(=O)(=O)c1ccc(Br)cc1)N[O-]. The molecular weight excluding hydrogens is 467 g/mol. The Balaban J connectivity index is 2.39. The van der Waals surface area contributed by atoms with Crippen LogP contribution in [0.15, 0.2) is 51.8 Å². The van der Waals surface area contributed by atoms with Crippen molar-refractivity contribution in [1.82, 2.24) is 9.79 Å². The van der Waals surface area contributed by atoms with Gasteiger partial charge in [-0.25, -0.2) is 8.42 Å². The highest BCUT2D eigenvalue weighted by Crippen LogP contribution is 2.28. The number of halogens is 3. The smallest absolute Gasteiger partial charge is 0.243 e. The lowest BCUT2D eigenvalue weighted by atomic mass is 10.2. The third kappa shape index (κ3) is 5.18. The number of sulfonamides is 1. The first-order valence-electron chi connectivity index (χ1n) is 7.35. The Kier molecular flexibility index (Phi) is 7.45. The molecular formula is C16H14BrCl2N2O4S-. The van der Waals surface area contributed by atoms with Crippen LogP contribution in [0.3, 0.4) is 0 Å². The van der Waals surface area contributed by atoms with Crippen LogP contribution >= 0.6 is 39.1 Å². The van der Waals surface area contributed by atoms with Gasteiger partial charge in [-0.15, -0.1) is 0 Å². The molecule has 0 heterocycles. The predicted molar refractivity (Wildman–Crippen MR) is 104 cm³/mol. The summed E-state index contributed by atoms with van der Waals surface area (Å²) in [7, 11) is -3.94. The van der Waals surface area contributed by atoms with Crippen molar-refractivity contribution >= 4 is 55.1 Å². The van der Waals surface area contributed by atoms with Gasteiger partial charge in [-0.3, -0.25) is 4.79 Å². The highest BCUT2D eigenvalue weighted by Gasteiger charge is 2.26. The van der Waals surface area contributed by atoms with Gasteiger partial charge in [0, 0.05) is 39.6 Å². The Morgan fingerprint density at radius 1 is 1.12 bits per heavy atom. The molecule has 0 saturated heterocycles. The van der Waals surface area contributed by atoms with E-state index in [4.69, 9.17) is 23.2 Å². The van der Waals surface area contributed by atoms with Gasteiger partial charge in [-0.05, 0) is 36.4 Å². The highest BCUT2D eigenvalue weighted by atomic mass is 79.9. The Hall–Kier alpha value is -1.16. The van der Waals surface area contributed by atoms with Gasteiger partial charge >= 0.3 is 0 Å². The Bertz CT molecular complexity index is 871. The molecule has 2 aromatic rings. The van der Waals surface area contributed by atoms with E-state index in [1.165, 1.54) is 17.6 Å².